The van der Waals surface area contributed by atoms with Gasteiger partial charge in [0.05, 0.1) is 0 Å². The van der Waals surface area contributed by atoms with E-state index in [0.717, 1.165) is 5.92 Å². The molecule has 1 nitrogen and oxygen atoms in total. The first-order valence-electron chi connectivity index (χ1n) is 5.39. The van der Waals surface area contributed by atoms with Crippen molar-refractivity contribution in [3.8, 4) is 0 Å². The van der Waals surface area contributed by atoms with Crippen LogP contribution in [0.1, 0.15) is 32.6 Å². The molecule has 0 N–H and O–H groups in total. The van der Waals surface area contributed by atoms with Crippen LogP contribution < -0.4 is 0 Å². The Balaban J connectivity index is 2.24. The fourth-order valence-corrected chi connectivity index (χ4v) is 2.30. The van der Waals surface area contributed by atoms with Crippen LogP contribution in [0.15, 0.2) is 23.4 Å². The molecule has 0 saturated carbocycles. The molecule has 0 aromatic carbocycles. The molecule has 0 radical (unpaired) electrons. The predicted octanol–water partition coefficient (Wildman–Crippen LogP) is 2.95. The summed E-state index contributed by atoms with van der Waals surface area (Å²) in [6, 6.07) is 0. The van der Waals surface area contributed by atoms with Crippen LogP contribution in [0.5, 0.6) is 0 Å². The molecule has 0 aromatic rings. The van der Waals surface area contributed by atoms with E-state index in [9.17, 15) is 0 Å². The molecule has 1 atom stereocenters. The Hall–Kier alpha value is -0.720. The molecule has 0 saturated heterocycles. The van der Waals surface area contributed by atoms with E-state index in [1.807, 2.05) is 0 Å². The van der Waals surface area contributed by atoms with Gasteiger partial charge in [-0.25, -0.2) is 0 Å². The lowest BCUT2D eigenvalue weighted by molar-refractivity contribution is 0.386. The van der Waals surface area contributed by atoms with Gasteiger partial charge in [0.15, 0.2) is 0 Å². The summed E-state index contributed by atoms with van der Waals surface area (Å²) in [5.74, 6) is 0.763. The zero-order valence-corrected chi connectivity index (χ0v) is 8.71. The third-order valence-corrected chi connectivity index (χ3v) is 3.23. The van der Waals surface area contributed by atoms with Crippen LogP contribution in [0, 0.1) is 5.92 Å². The number of hydrogen-bond donors (Lipinski definition) is 0. The molecule has 2 rings (SSSR count). The van der Waals surface area contributed by atoms with Gasteiger partial charge in [-0.05, 0) is 43.3 Å². The summed E-state index contributed by atoms with van der Waals surface area (Å²) in [5, 5.41) is 0. The Labute approximate surface area is 81.1 Å². The summed E-state index contributed by atoms with van der Waals surface area (Å²) in [6.45, 7) is 3.55. The summed E-state index contributed by atoms with van der Waals surface area (Å²) in [5.41, 5.74) is 3.20. The van der Waals surface area contributed by atoms with Crippen LogP contribution in [-0.4, -0.2) is 18.5 Å². The number of likely N-dealkylation sites (N-methyl/N-ethyl adjacent to an activating group) is 1. The zero-order chi connectivity index (χ0) is 9.26. The van der Waals surface area contributed by atoms with Crippen LogP contribution in [0.3, 0.4) is 0 Å². The van der Waals surface area contributed by atoms with Crippen molar-refractivity contribution in [2.45, 2.75) is 32.6 Å². The van der Waals surface area contributed by atoms with Crippen LogP contribution in [0.4, 0.5) is 0 Å². The van der Waals surface area contributed by atoms with Gasteiger partial charge in [-0.3, -0.25) is 0 Å². The van der Waals surface area contributed by atoms with Gasteiger partial charge in [-0.1, -0.05) is 13.0 Å². The van der Waals surface area contributed by atoms with Gasteiger partial charge in [0, 0.05) is 19.3 Å². The standard InChI is InChI=1S/C12H19N/c1-10-5-7-11-4-3-9-13(2)12(11)8-6-10/h6,8,10H,3-5,7,9H2,1-2H3. The average Bonchev–Trinajstić information content (AvgIpc) is 2.30. The van der Waals surface area contributed by atoms with E-state index in [-0.39, 0.29) is 0 Å². The topological polar surface area (TPSA) is 3.24 Å². The number of hydrogen-bond acceptors (Lipinski definition) is 1. The van der Waals surface area contributed by atoms with Crippen molar-refractivity contribution in [3.05, 3.63) is 23.4 Å². The molecule has 0 aromatic heterocycles. The fraction of sp³-hybridized carbons (Fsp3) is 0.667. The molecule has 72 valence electrons. The highest BCUT2D eigenvalue weighted by atomic mass is 15.1. The maximum atomic E-state index is 2.41. The minimum atomic E-state index is 0.763. The largest absolute Gasteiger partial charge is 0.375 e. The zero-order valence-electron chi connectivity index (χ0n) is 8.71. The normalized spacial score (nSPS) is 28.8. The molecule has 13 heavy (non-hydrogen) atoms. The van der Waals surface area contributed by atoms with Crippen molar-refractivity contribution in [2.24, 2.45) is 5.92 Å². The molecule has 1 unspecified atom stereocenters. The SMILES string of the molecule is CC1C=CC2=C(CCCN2C)CC1. The first-order valence-corrected chi connectivity index (χ1v) is 5.39. The predicted molar refractivity (Wildman–Crippen MR) is 56.4 cm³/mol. The number of allylic oxidation sites excluding steroid dienone is 3. The third kappa shape index (κ3) is 1.79. The number of nitrogens with zero attached hydrogens (tertiary/aromatic N) is 1. The van der Waals surface area contributed by atoms with Crippen molar-refractivity contribution in [2.75, 3.05) is 13.6 Å². The van der Waals surface area contributed by atoms with E-state index in [1.54, 1.807) is 5.57 Å². The maximum absolute atomic E-state index is 2.41. The highest BCUT2D eigenvalue weighted by molar-refractivity contribution is 5.28. The Morgan fingerprint density at radius 1 is 1.38 bits per heavy atom. The van der Waals surface area contributed by atoms with Crippen molar-refractivity contribution in [3.63, 3.8) is 0 Å². The molecule has 1 aliphatic carbocycles. The molecule has 2 aliphatic rings. The lowest BCUT2D eigenvalue weighted by Crippen LogP contribution is -2.23. The van der Waals surface area contributed by atoms with Crippen molar-refractivity contribution >= 4 is 0 Å². The van der Waals surface area contributed by atoms with Crippen molar-refractivity contribution in [1.82, 2.24) is 4.90 Å². The van der Waals surface area contributed by atoms with Crippen LogP contribution in [-0.2, 0) is 0 Å². The lowest BCUT2D eigenvalue weighted by atomic mass is 9.97. The van der Waals surface area contributed by atoms with Gasteiger partial charge < -0.3 is 4.90 Å². The van der Waals surface area contributed by atoms with Crippen LogP contribution >= 0.6 is 0 Å². The minimum absolute atomic E-state index is 0.763. The summed E-state index contributed by atoms with van der Waals surface area (Å²) >= 11 is 0. The Morgan fingerprint density at radius 2 is 2.23 bits per heavy atom. The summed E-state index contributed by atoms with van der Waals surface area (Å²) in [7, 11) is 2.22. The molecule has 0 spiro atoms. The summed E-state index contributed by atoms with van der Waals surface area (Å²) in [6.07, 6.45) is 10.0. The van der Waals surface area contributed by atoms with E-state index in [2.05, 4.69) is 31.0 Å². The van der Waals surface area contributed by atoms with Gasteiger partial charge in [0.2, 0.25) is 0 Å². The van der Waals surface area contributed by atoms with E-state index in [4.69, 9.17) is 0 Å². The molecule has 1 aliphatic heterocycles. The highest BCUT2D eigenvalue weighted by Gasteiger charge is 2.17. The third-order valence-electron chi connectivity index (χ3n) is 3.23. The quantitative estimate of drug-likeness (QED) is 0.550. The van der Waals surface area contributed by atoms with Gasteiger partial charge in [0.25, 0.3) is 0 Å². The fourth-order valence-electron chi connectivity index (χ4n) is 2.30. The highest BCUT2D eigenvalue weighted by Crippen LogP contribution is 2.30. The van der Waals surface area contributed by atoms with E-state index >= 15 is 0 Å². The monoisotopic (exact) mass is 177 g/mol. The van der Waals surface area contributed by atoms with E-state index in [1.165, 1.54) is 37.9 Å². The van der Waals surface area contributed by atoms with Crippen LogP contribution in [0.2, 0.25) is 0 Å². The van der Waals surface area contributed by atoms with Gasteiger partial charge in [-0.15, -0.1) is 0 Å². The molecular weight excluding hydrogens is 158 g/mol. The average molecular weight is 177 g/mol. The Kier molecular flexibility index (Phi) is 2.43. The Bertz CT molecular complexity index is 250. The van der Waals surface area contributed by atoms with E-state index < -0.39 is 0 Å². The van der Waals surface area contributed by atoms with Crippen molar-refractivity contribution < 1.29 is 0 Å². The first-order chi connectivity index (χ1) is 6.27. The van der Waals surface area contributed by atoms with E-state index in [0.29, 0.717) is 0 Å². The lowest BCUT2D eigenvalue weighted by Gasteiger charge is -2.28. The minimum Gasteiger partial charge on any atom is -0.375 e. The summed E-state index contributed by atoms with van der Waals surface area (Å²) < 4.78 is 0. The smallest absolute Gasteiger partial charge is 0.0352 e. The number of rotatable bonds is 0. The van der Waals surface area contributed by atoms with Gasteiger partial charge >= 0.3 is 0 Å². The second-order valence-corrected chi connectivity index (χ2v) is 4.39. The second-order valence-electron chi connectivity index (χ2n) is 4.39. The second kappa shape index (κ2) is 3.57. The van der Waals surface area contributed by atoms with Gasteiger partial charge in [0.1, 0.15) is 0 Å². The molecule has 0 amide bonds. The van der Waals surface area contributed by atoms with Gasteiger partial charge in [-0.2, -0.15) is 0 Å². The van der Waals surface area contributed by atoms with Crippen LogP contribution in [0.25, 0.3) is 0 Å². The molecule has 1 heterocycles. The summed E-state index contributed by atoms with van der Waals surface area (Å²) in [4.78, 5) is 2.41. The Morgan fingerprint density at radius 3 is 3.08 bits per heavy atom. The molecule has 0 fully saturated rings. The maximum Gasteiger partial charge on any atom is 0.0352 e. The molecule has 0 bridgehead atoms. The first kappa shape index (κ1) is 8.86. The molecular formula is C12H19N. The molecule has 1 heteroatoms. The van der Waals surface area contributed by atoms with Crippen molar-refractivity contribution in [1.29, 1.82) is 0 Å².